The van der Waals surface area contributed by atoms with Crippen molar-refractivity contribution >= 4 is 21.8 Å². The quantitative estimate of drug-likeness (QED) is 0.188. The van der Waals surface area contributed by atoms with E-state index >= 15 is 0 Å². The number of para-hydroxylation sites is 1. The Morgan fingerprint density at radius 3 is 1.76 bits per heavy atom. The molecule has 0 bridgehead atoms. The van der Waals surface area contributed by atoms with Gasteiger partial charge in [0.2, 0.25) is 0 Å². The smallest absolute Gasteiger partial charge is 0.164 e. The summed E-state index contributed by atoms with van der Waals surface area (Å²) in [6.45, 7) is 0. The van der Waals surface area contributed by atoms with Crippen LogP contribution in [0.15, 0.2) is 170 Å². The van der Waals surface area contributed by atoms with Gasteiger partial charge in [-0.05, 0) is 76.2 Å². The second-order valence-electron chi connectivity index (χ2n) is 12.9. The molecule has 0 amide bonds. The first-order valence-corrected chi connectivity index (χ1v) is 17.0. The normalized spacial score (nSPS) is 11.9. The zero-order valence-electron chi connectivity index (χ0n) is 27.2. The second kappa shape index (κ2) is 11.5. The highest BCUT2D eigenvalue weighted by atomic mass is 15.0. The fourth-order valence-corrected chi connectivity index (χ4v) is 7.48. The van der Waals surface area contributed by atoms with E-state index in [9.17, 15) is 0 Å². The second-order valence-corrected chi connectivity index (χ2v) is 12.9. The van der Waals surface area contributed by atoms with Crippen LogP contribution < -0.4 is 0 Å². The third-order valence-electron chi connectivity index (χ3n) is 9.84. The summed E-state index contributed by atoms with van der Waals surface area (Å²) in [4.78, 5) is 15.2. The highest BCUT2D eigenvalue weighted by Crippen LogP contribution is 2.42. The minimum Gasteiger partial charge on any atom is -0.309 e. The molecule has 1 aliphatic rings. The fraction of sp³-hybridized carbons (Fsp3) is 0.0217. The maximum Gasteiger partial charge on any atom is 0.164 e. The molecule has 0 atom stereocenters. The molecule has 0 saturated carbocycles. The van der Waals surface area contributed by atoms with Gasteiger partial charge in [0.05, 0.1) is 11.0 Å². The van der Waals surface area contributed by atoms with E-state index in [1.807, 2.05) is 36.4 Å². The molecule has 1 aliphatic carbocycles. The Hall–Kier alpha value is -6.65. The summed E-state index contributed by atoms with van der Waals surface area (Å²) in [5, 5.41) is 2.52. The molecule has 0 N–H and O–H groups in total. The lowest BCUT2D eigenvalue weighted by Crippen LogP contribution is -2.01. The van der Waals surface area contributed by atoms with Crippen LogP contribution >= 0.6 is 0 Å². The maximum absolute atomic E-state index is 5.12. The van der Waals surface area contributed by atoms with Crippen molar-refractivity contribution in [2.24, 2.45) is 0 Å². The van der Waals surface area contributed by atoms with Gasteiger partial charge in [-0.2, -0.15) is 0 Å². The van der Waals surface area contributed by atoms with Crippen molar-refractivity contribution in [2.45, 2.75) is 6.42 Å². The Morgan fingerprint density at radius 2 is 0.960 bits per heavy atom. The molecule has 234 valence electrons. The molecule has 0 spiro atoms. The SMILES string of the molecule is c1ccc(-c2cccc(-c3nc(-c4ccccc4)nc(-c4cccc(-n5c6ccccc6c6cc7c(cc65)-c5ccccc5C7)c4)n3)c2)cc1. The average Bonchev–Trinajstić information content (AvgIpc) is 3.72. The average molecular weight is 639 g/mol. The first kappa shape index (κ1) is 28.4. The van der Waals surface area contributed by atoms with Gasteiger partial charge in [-0.3, -0.25) is 0 Å². The fourth-order valence-electron chi connectivity index (χ4n) is 7.48. The lowest BCUT2D eigenvalue weighted by Gasteiger charge is -2.12. The molecule has 2 heterocycles. The summed E-state index contributed by atoms with van der Waals surface area (Å²) in [7, 11) is 0. The molecular weight excluding hydrogens is 609 g/mol. The van der Waals surface area contributed by atoms with Crippen LogP contribution in [0, 0.1) is 0 Å². The number of fused-ring (bicyclic) bond motifs is 6. The zero-order valence-corrected chi connectivity index (χ0v) is 27.2. The van der Waals surface area contributed by atoms with E-state index in [1.54, 1.807) is 0 Å². The van der Waals surface area contributed by atoms with Crippen LogP contribution in [0.2, 0.25) is 0 Å². The van der Waals surface area contributed by atoms with Gasteiger partial charge >= 0.3 is 0 Å². The van der Waals surface area contributed by atoms with Crippen molar-refractivity contribution < 1.29 is 0 Å². The Bertz CT molecular complexity index is 2730. The molecule has 10 rings (SSSR count). The summed E-state index contributed by atoms with van der Waals surface area (Å²) in [6, 6.07) is 59.9. The Morgan fingerprint density at radius 1 is 0.360 bits per heavy atom. The third-order valence-corrected chi connectivity index (χ3v) is 9.84. The number of aromatic nitrogens is 4. The summed E-state index contributed by atoms with van der Waals surface area (Å²) in [5.41, 5.74) is 14.0. The standard InChI is InChI=1S/C46H30N4/c1-3-13-30(14-4-1)32-18-11-19-34(25-32)45-47-44(31-15-5-2-6-16-31)48-46(49-45)35-20-12-21-37(27-35)50-42-24-10-9-23-39(42)41-28-36-26-33-17-7-8-22-38(33)40(36)29-43(41)50/h1-25,27-29H,26H2. The molecule has 2 aromatic heterocycles. The molecule has 0 saturated heterocycles. The molecule has 0 fully saturated rings. The van der Waals surface area contributed by atoms with E-state index in [0.717, 1.165) is 39.9 Å². The van der Waals surface area contributed by atoms with E-state index in [-0.39, 0.29) is 0 Å². The van der Waals surface area contributed by atoms with E-state index in [2.05, 4.69) is 138 Å². The van der Waals surface area contributed by atoms with E-state index in [1.165, 1.54) is 44.1 Å². The minimum atomic E-state index is 0.636. The molecule has 4 nitrogen and oxygen atoms in total. The molecule has 50 heavy (non-hydrogen) atoms. The number of hydrogen-bond donors (Lipinski definition) is 0. The Labute approximate surface area is 290 Å². The molecule has 0 aliphatic heterocycles. The summed E-state index contributed by atoms with van der Waals surface area (Å²) in [5.74, 6) is 1.92. The van der Waals surface area contributed by atoms with Crippen molar-refractivity contribution in [3.63, 3.8) is 0 Å². The molecular formula is C46H30N4. The number of hydrogen-bond acceptors (Lipinski definition) is 3. The van der Waals surface area contributed by atoms with Crippen molar-refractivity contribution in [3.8, 4) is 62.1 Å². The van der Waals surface area contributed by atoms with Gasteiger partial charge in [0.15, 0.2) is 17.5 Å². The van der Waals surface area contributed by atoms with Gasteiger partial charge in [0.1, 0.15) is 0 Å². The van der Waals surface area contributed by atoms with Crippen LogP contribution in [-0.4, -0.2) is 19.5 Å². The lowest BCUT2D eigenvalue weighted by atomic mass is 10.0. The highest BCUT2D eigenvalue weighted by Gasteiger charge is 2.22. The van der Waals surface area contributed by atoms with Crippen molar-refractivity contribution in [1.29, 1.82) is 0 Å². The predicted molar refractivity (Wildman–Crippen MR) is 204 cm³/mol. The van der Waals surface area contributed by atoms with Crippen LogP contribution in [0.1, 0.15) is 11.1 Å². The maximum atomic E-state index is 5.12. The monoisotopic (exact) mass is 638 g/mol. The van der Waals surface area contributed by atoms with Crippen LogP contribution in [0.3, 0.4) is 0 Å². The third kappa shape index (κ3) is 4.73. The predicted octanol–water partition coefficient (Wildman–Crippen LogP) is 11.2. The molecule has 0 unspecified atom stereocenters. The van der Waals surface area contributed by atoms with Gasteiger partial charge in [-0.1, -0.05) is 133 Å². The van der Waals surface area contributed by atoms with E-state index in [4.69, 9.17) is 15.0 Å². The topological polar surface area (TPSA) is 43.6 Å². The van der Waals surface area contributed by atoms with Crippen LogP contribution in [0.5, 0.6) is 0 Å². The number of rotatable bonds is 5. The molecule has 4 heteroatoms. The van der Waals surface area contributed by atoms with Gasteiger partial charge in [-0.15, -0.1) is 0 Å². The minimum absolute atomic E-state index is 0.636. The van der Waals surface area contributed by atoms with Crippen LogP contribution in [0.25, 0.3) is 83.9 Å². The van der Waals surface area contributed by atoms with Crippen molar-refractivity contribution in [2.75, 3.05) is 0 Å². The van der Waals surface area contributed by atoms with E-state index < -0.39 is 0 Å². The Balaban J connectivity index is 1.15. The number of nitrogens with zero attached hydrogens (tertiary/aromatic N) is 4. The lowest BCUT2D eigenvalue weighted by molar-refractivity contribution is 1.07. The highest BCUT2D eigenvalue weighted by molar-refractivity contribution is 6.11. The van der Waals surface area contributed by atoms with Crippen LogP contribution in [0.4, 0.5) is 0 Å². The van der Waals surface area contributed by atoms with E-state index in [0.29, 0.717) is 17.5 Å². The first-order chi connectivity index (χ1) is 24.8. The molecule has 0 radical (unpaired) electrons. The van der Waals surface area contributed by atoms with Gasteiger partial charge in [0.25, 0.3) is 0 Å². The molecule has 9 aromatic rings. The molecule has 7 aromatic carbocycles. The summed E-state index contributed by atoms with van der Waals surface area (Å²) >= 11 is 0. The largest absolute Gasteiger partial charge is 0.309 e. The van der Waals surface area contributed by atoms with Crippen molar-refractivity contribution in [1.82, 2.24) is 19.5 Å². The zero-order chi connectivity index (χ0) is 33.0. The van der Waals surface area contributed by atoms with Gasteiger partial charge in [-0.25, -0.2) is 15.0 Å². The summed E-state index contributed by atoms with van der Waals surface area (Å²) in [6.07, 6.45) is 0.968. The van der Waals surface area contributed by atoms with Crippen molar-refractivity contribution in [3.05, 3.63) is 181 Å². The van der Waals surface area contributed by atoms with Crippen LogP contribution in [-0.2, 0) is 6.42 Å². The number of benzene rings is 7. The van der Waals surface area contributed by atoms with Gasteiger partial charge in [0, 0.05) is 33.2 Å². The first-order valence-electron chi connectivity index (χ1n) is 17.0. The summed E-state index contributed by atoms with van der Waals surface area (Å²) < 4.78 is 2.39. The van der Waals surface area contributed by atoms with Gasteiger partial charge < -0.3 is 4.57 Å². The Kier molecular flexibility index (Phi) is 6.53.